The zero-order valence-corrected chi connectivity index (χ0v) is 12.5. The summed E-state index contributed by atoms with van der Waals surface area (Å²) < 4.78 is 0. The molecule has 1 atom stereocenters. The van der Waals surface area contributed by atoms with E-state index in [4.69, 9.17) is 0 Å². The number of nitrogens with zero attached hydrogens (tertiary/aromatic N) is 2. The van der Waals surface area contributed by atoms with Crippen molar-refractivity contribution in [3.05, 3.63) is 16.1 Å². The Bertz CT molecular complexity index is 446. The number of rotatable bonds is 6. The highest BCUT2D eigenvalue weighted by Gasteiger charge is 2.43. The lowest BCUT2D eigenvalue weighted by Gasteiger charge is -2.24. The third-order valence-electron chi connectivity index (χ3n) is 4.12. The summed E-state index contributed by atoms with van der Waals surface area (Å²) in [6.07, 6.45) is 3.50. The van der Waals surface area contributed by atoms with E-state index in [1.165, 1.54) is 4.88 Å². The number of aryl methyl sites for hydroxylation is 1. The second kappa shape index (κ2) is 6.01. The summed E-state index contributed by atoms with van der Waals surface area (Å²) in [5, 5.41) is 9.47. The number of hydrogen-bond donors (Lipinski definition) is 1. The Hall–Kier alpha value is -0.940. The first-order valence-electron chi connectivity index (χ1n) is 6.92. The molecule has 1 aromatic rings. The molecular formula is C14H22N2O2S. The van der Waals surface area contributed by atoms with Crippen LogP contribution in [0, 0.1) is 12.3 Å². The van der Waals surface area contributed by atoms with Crippen LogP contribution in [0.25, 0.3) is 0 Å². The molecule has 0 amide bonds. The monoisotopic (exact) mass is 282 g/mol. The van der Waals surface area contributed by atoms with Gasteiger partial charge in [0.15, 0.2) is 0 Å². The van der Waals surface area contributed by atoms with Gasteiger partial charge in [0.2, 0.25) is 0 Å². The van der Waals surface area contributed by atoms with E-state index >= 15 is 0 Å². The van der Waals surface area contributed by atoms with Gasteiger partial charge in [0.05, 0.1) is 16.6 Å². The predicted molar refractivity (Wildman–Crippen MR) is 76.6 cm³/mol. The summed E-state index contributed by atoms with van der Waals surface area (Å²) >= 11 is 1.70. The van der Waals surface area contributed by atoms with Crippen LogP contribution < -0.4 is 0 Å². The van der Waals surface area contributed by atoms with Gasteiger partial charge in [-0.3, -0.25) is 4.79 Å². The minimum absolute atomic E-state index is 0.502. The van der Waals surface area contributed by atoms with Gasteiger partial charge in [-0.05, 0) is 32.7 Å². The largest absolute Gasteiger partial charge is 0.481 e. The van der Waals surface area contributed by atoms with Gasteiger partial charge in [0.25, 0.3) is 0 Å². The average molecular weight is 282 g/mol. The number of hydrogen-bond acceptors (Lipinski definition) is 4. The van der Waals surface area contributed by atoms with E-state index in [-0.39, 0.29) is 0 Å². The molecule has 0 saturated carbocycles. The van der Waals surface area contributed by atoms with Crippen LogP contribution in [0.3, 0.4) is 0 Å². The van der Waals surface area contributed by atoms with Gasteiger partial charge >= 0.3 is 5.97 Å². The van der Waals surface area contributed by atoms with Gasteiger partial charge in [0, 0.05) is 18.0 Å². The second-order valence-corrected chi connectivity index (χ2v) is 6.41. The molecule has 1 N–H and O–H groups in total. The summed E-state index contributed by atoms with van der Waals surface area (Å²) in [7, 11) is 0. The number of aliphatic carboxylic acids is 1. The molecular weight excluding hydrogens is 260 g/mol. The van der Waals surface area contributed by atoms with Crippen molar-refractivity contribution in [2.45, 2.75) is 39.5 Å². The van der Waals surface area contributed by atoms with Crippen molar-refractivity contribution < 1.29 is 9.90 Å². The molecule has 5 heteroatoms. The minimum atomic E-state index is -0.620. The fraction of sp³-hybridized carbons (Fsp3) is 0.714. The highest BCUT2D eigenvalue weighted by atomic mass is 32.1. The standard InChI is InChI=1S/C14H22N2O2S/c1-3-5-14(13(17)18)6-8-16(9-14)7-4-12-11(2)15-10-19-12/h10H,3-9H2,1-2H3,(H,17,18). The Kier molecular flexibility index (Phi) is 4.58. The molecule has 1 aliphatic heterocycles. The topological polar surface area (TPSA) is 53.4 Å². The third-order valence-corrected chi connectivity index (χ3v) is 5.11. The van der Waals surface area contributed by atoms with E-state index in [0.29, 0.717) is 6.54 Å². The van der Waals surface area contributed by atoms with E-state index in [1.807, 2.05) is 12.4 Å². The number of aromatic nitrogens is 1. The first kappa shape index (κ1) is 14.5. The Morgan fingerprint density at radius 2 is 2.42 bits per heavy atom. The van der Waals surface area contributed by atoms with E-state index in [2.05, 4.69) is 16.8 Å². The van der Waals surface area contributed by atoms with Crippen LogP contribution in [-0.4, -0.2) is 40.6 Å². The maximum Gasteiger partial charge on any atom is 0.310 e. The molecule has 19 heavy (non-hydrogen) atoms. The smallest absolute Gasteiger partial charge is 0.310 e. The number of carboxylic acids is 1. The molecule has 1 aromatic heterocycles. The van der Waals surface area contributed by atoms with Gasteiger partial charge in [-0.2, -0.15) is 0 Å². The highest BCUT2D eigenvalue weighted by Crippen LogP contribution is 2.35. The molecule has 1 saturated heterocycles. The number of carboxylic acid groups (broad SMARTS) is 1. The van der Waals surface area contributed by atoms with Crippen molar-refractivity contribution in [1.82, 2.24) is 9.88 Å². The molecule has 1 aliphatic rings. The van der Waals surface area contributed by atoms with E-state index in [9.17, 15) is 9.90 Å². The van der Waals surface area contributed by atoms with Crippen LogP contribution in [0.15, 0.2) is 5.51 Å². The van der Waals surface area contributed by atoms with Crippen LogP contribution in [-0.2, 0) is 11.2 Å². The van der Waals surface area contributed by atoms with E-state index in [1.54, 1.807) is 11.3 Å². The zero-order valence-electron chi connectivity index (χ0n) is 11.7. The molecule has 0 spiro atoms. The van der Waals surface area contributed by atoms with Gasteiger partial charge < -0.3 is 10.0 Å². The summed E-state index contributed by atoms with van der Waals surface area (Å²) in [6, 6.07) is 0. The maximum atomic E-state index is 11.5. The van der Waals surface area contributed by atoms with Gasteiger partial charge in [-0.15, -0.1) is 11.3 Å². The number of thiazole rings is 1. The number of carbonyl (C=O) groups is 1. The Balaban J connectivity index is 1.91. The molecule has 0 aromatic carbocycles. The molecule has 0 bridgehead atoms. The lowest BCUT2D eigenvalue weighted by molar-refractivity contribution is -0.148. The van der Waals surface area contributed by atoms with Crippen molar-refractivity contribution in [1.29, 1.82) is 0 Å². The Morgan fingerprint density at radius 3 is 3.00 bits per heavy atom. The summed E-state index contributed by atoms with van der Waals surface area (Å²) in [4.78, 5) is 19.4. The fourth-order valence-corrected chi connectivity index (χ4v) is 3.71. The molecule has 0 aliphatic carbocycles. The molecule has 4 nitrogen and oxygen atoms in total. The van der Waals surface area contributed by atoms with Crippen molar-refractivity contribution in [2.75, 3.05) is 19.6 Å². The van der Waals surface area contributed by atoms with Crippen molar-refractivity contribution >= 4 is 17.3 Å². The van der Waals surface area contributed by atoms with Crippen molar-refractivity contribution in [2.24, 2.45) is 5.41 Å². The predicted octanol–water partition coefficient (Wildman–Crippen LogP) is 2.57. The molecule has 1 unspecified atom stereocenters. The SMILES string of the molecule is CCCC1(C(=O)O)CCN(CCc2scnc2C)C1. The fourth-order valence-electron chi connectivity index (χ4n) is 2.94. The van der Waals surface area contributed by atoms with Crippen LogP contribution in [0.2, 0.25) is 0 Å². The van der Waals surface area contributed by atoms with Crippen LogP contribution in [0.1, 0.15) is 36.8 Å². The highest BCUT2D eigenvalue weighted by molar-refractivity contribution is 7.09. The summed E-state index contributed by atoms with van der Waals surface area (Å²) in [5.74, 6) is -0.620. The Labute approximate surface area is 118 Å². The van der Waals surface area contributed by atoms with Crippen molar-refractivity contribution in [3.8, 4) is 0 Å². The second-order valence-electron chi connectivity index (χ2n) is 5.47. The maximum absolute atomic E-state index is 11.5. The number of likely N-dealkylation sites (tertiary alicyclic amines) is 1. The molecule has 2 heterocycles. The lowest BCUT2D eigenvalue weighted by Crippen LogP contribution is -2.35. The van der Waals surface area contributed by atoms with E-state index in [0.717, 1.165) is 44.5 Å². The van der Waals surface area contributed by atoms with Crippen LogP contribution in [0.5, 0.6) is 0 Å². The van der Waals surface area contributed by atoms with Crippen molar-refractivity contribution in [3.63, 3.8) is 0 Å². The quantitative estimate of drug-likeness (QED) is 0.871. The van der Waals surface area contributed by atoms with Gasteiger partial charge in [-0.25, -0.2) is 4.98 Å². The Morgan fingerprint density at radius 1 is 1.63 bits per heavy atom. The van der Waals surface area contributed by atoms with E-state index < -0.39 is 11.4 Å². The molecule has 1 fully saturated rings. The summed E-state index contributed by atoms with van der Waals surface area (Å²) in [5.41, 5.74) is 2.49. The molecule has 2 rings (SSSR count). The van der Waals surface area contributed by atoms with Crippen LogP contribution >= 0.6 is 11.3 Å². The lowest BCUT2D eigenvalue weighted by atomic mass is 9.83. The van der Waals surface area contributed by atoms with Gasteiger partial charge in [-0.1, -0.05) is 13.3 Å². The normalized spacial score (nSPS) is 23.9. The zero-order chi connectivity index (χ0) is 13.9. The average Bonchev–Trinajstić information content (AvgIpc) is 2.95. The minimum Gasteiger partial charge on any atom is -0.481 e. The molecule has 106 valence electrons. The third kappa shape index (κ3) is 3.15. The summed E-state index contributed by atoms with van der Waals surface area (Å²) in [6.45, 7) is 6.66. The first-order valence-corrected chi connectivity index (χ1v) is 7.80. The van der Waals surface area contributed by atoms with Gasteiger partial charge in [0.1, 0.15) is 0 Å². The first-order chi connectivity index (χ1) is 9.07. The molecule has 0 radical (unpaired) electrons. The van der Waals surface area contributed by atoms with Crippen LogP contribution in [0.4, 0.5) is 0 Å².